The Kier molecular flexibility index (Phi) is 2.53. The van der Waals surface area contributed by atoms with Gasteiger partial charge in [-0.3, -0.25) is 4.79 Å². The lowest BCUT2D eigenvalue weighted by atomic mass is 10.2. The SMILES string of the molecule is CC(C)C(=O)OC(C)C1CC1. The highest BCUT2D eigenvalue weighted by Crippen LogP contribution is 2.34. The molecule has 0 spiro atoms. The molecule has 1 fully saturated rings. The molecule has 2 heteroatoms. The van der Waals surface area contributed by atoms with Crippen LogP contribution in [0.25, 0.3) is 0 Å². The van der Waals surface area contributed by atoms with Crippen LogP contribution in [0.3, 0.4) is 0 Å². The molecule has 0 saturated heterocycles. The topological polar surface area (TPSA) is 26.3 Å². The average molecular weight is 156 g/mol. The summed E-state index contributed by atoms with van der Waals surface area (Å²) in [6, 6.07) is 0. The summed E-state index contributed by atoms with van der Waals surface area (Å²) in [7, 11) is 0. The van der Waals surface area contributed by atoms with E-state index in [2.05, 4.69) is 0 Å². The van der Waals surface area contributed by atoms with Gasteiger partial charge < -0.3 is 4.74 Å². The first-order chi connectivity index (χ1) is 5.11. The Morgan fingerprint density at radius 2 is 1.91 bits per heavy atom. The molecule has 1 aliphatic carbocycles. The third-order valence-corrected chi connectivity index (χ3v) is 2.06. The van der Waals surface area contributed by atoms with Crippen LogP contribution in [0.2, 0.25) is 0 Å². The van der Waals surface area contributed by atoms with Crippen molar-refractivity contribution >= 4 is 5.97 Å². The fourth-order valence-corrected chi connectivity index (χ4v) is 0.981. The molecule has 64 valence electrons. The van der Waals surface area contributed by atoms with Crippen LogP contribution in [0, 0.1) is 11.8 Å². The molecule has 0 aromatic rings. The Morgan fingerprint density at radius 1 is 1.36 bits per heavy atom. The van der Waals surface area contributed by atoms with Crippen molar-refractivity contribution in [3.8, 4) is 0 Å². The van der Waals surface area contributed by atoms with Gasteiger partial charge in [0, 0.05) is 0 Å². The van der Waals surface area contributed by atoms with Gasteiger partial charge in [-0.25, -0.2) is 0 Å². The number of rotatable bonds is 3. The van der Waals surface area contributed by atoms with E-state index in [9.17, 15) is 4.79 Å². The van der Waals surface area contributed by atoms with Gasteiger partial charge in [0.25, 0.3) is 0 Å². The maximum absolute atomic E-state index is 11.1. The largest absolute Gasteiger partial charge is 0.462 e. The second kappa shape index (κ2) is 3.24. The van der Waals surface area contributed by atoms with Gasteiger partial charge in [0.2, 0.25) is 0 Å². The van der Waals surface area contributed by atoms with Crippen molar-refractivity contribution in [2.24, 2.45) is 11.8 Å². The predicted molar refractivity (Wildman–Crippen MR) is 43.1 cm³/mol. The molecule has 0 aromatic carbocycles. The molecule has 1 unspecified atom stereocenters. The average Bonchev–Trinajstić information content (AvgIpc) is 2.67. The molecule has 1 rings (SSSR count). The molecule has 1 aliphatic rings. The summed E-state index contributed by atoms with van der Waals surface area (Å²) in [6.07, 6.45) is 2.60. The van der Waals surface area contributed by atoms with E-state index in [-0.39, 0.29) is 18.0 Å². The highest BCUT2D eigenvalue weighted by molar-refractivity contribution is 5.71. The Labute approximate surface area is 67.9 Å². The molecule has 0 amide bonds. The molecule has 2 nitrogen and oxygen atoms in total. The van der Waals surface area contributed by atoms with Gasteiger partial charge in [-0.05, 0) is 25.7 Å². The van der Waals surface area contributed by atoms with E-state index in [1.54, 1.807) is 0 Å². The Bertz CT molecular complexity index is 148. The van der Waals surface area contributed by atoms with E-state index in [0.717, 1.165) is 0 Å². The van der Waals surface area contributed by atoms with E-state index in [4.69, 9.17) is 4.74 Å². The third kappa shape index (κ3) is 2.52. The summed E-state index contributed by atoms with van der Waals surface area (Å²) in [6.45, 7) is 5.71. The van der Waals surface area contributed by atoms with E-state index in [1.807, 2.05) is 20.8 Å². The van der Waals surface area contributed by atoms with Gasteiger partial charge in [0.1, 0.15) is 6.10 Å². The molecule has 0 aliphatic heterocycles. The number of ether oxygens (including phenoxy) is 1. The van der Waals surface area contributed by atoms with Gasteiger partial charge in [0.05, 0.1) is 5.92 Å². The van der Waals surface area contributed by atoms with Crippen molar-refractivity contribution < 1.29 is 9.53 Å². The van der Waals surface area contributed by atoms with Crippen LogP contribution in [-0.4, -0.2) is 12.1 Å². The first kappa shape index (κ1) is 8.57. The minimum atomic E-state index is -0.0654. The Morgan fingerprint density at radius 3 is 2.27 bits per heavy atom. The smallest absolute Gasteiger partial charge is 0.308 e. The van der Waals surface area contributed by atoms with Crippen LogP contribution in [0.4, 0.5) is 0 Å². The zero-order valence-corrected chi connectivity index (χ0v) is 7.46. The van der Waals surface area contributed by atoms with Crippen molar-refractivity contribution in [3.63, 3.8) is 0 Å². The third-order valence-electron chi connectivity index (χ3n) is 2.06. The molecule has 1 saturated carbocycles. The number of hydrogen-bond acceptors (Lipinski definition) is 2. The van der Waals surface area contributed by atoms with E-state index < -0.39 is 0 Å². The quantitative estimate of drug-likeness (QED) is 0.584. The molecule has 0 N–H and O–H groups in total. The summed E-state index contributed by atoms with van der Waals surface area (Å²) >= 11 is 0. The van der Waals surface area contributed by atoms with Crippen molar-refractivity contribution in [2.75, 3.05) is 0 Å². The summed E-state index contributed by atoms with van der Waals surface area (Å²) in [5, 5.41) is 0. The molecular weight excluding hydrogens is 140 g/mol. The lowest BCUT2D eigenvalue weighted by Gasteiger charge is -2.13. The van der Waals surface area contributed by atoms with E-state index in [1.165, 1.54) is 12.8 Å². The minimum Gasteiger partial charge on any atom is -0.462 e. The molecule has 0 heterocycles. The lowest BCUT2D eigenvalue weighted by molar-refractivity contribution is -0.152. The van der Waals surface area contributed by atoms with Gasteiger partial charge in [0.15, 0.2) is 0 Å². The summed E-state index contributed by atoms with van der Waals surface area (Å²) in [5.74, 6) is 0.596. The zero-order valence-electron chi connectivity index (χ0n) is 7.46. The van der Waals surface area contributed by atoms with Crippen molar-refractivity contribution in [3.05, 3.63) is 0 Å². The van der Waals surface area contributed by atoms with Crippen molar-refractivity contribution in [1.29, 1.82) is 0 Å². The Balaban J connectivity index is 2.23. The van der Waals surface area contributed by atoms with Crippen molar-refractivity contribution in [1.82, 2.24) is 0 Å². The fourth-order valence-electron chi connectivity index (χ4n) is 0.981. The number of carbonyl (C=O) groups excluding carboxylic acids is 1. The number of hydrogen-bond donors (Lipinski definition) is 0. The molecule has 0 aromatic heterocycles. The van der Waals surface area contributed by atoms with Gasteiger partial charge >= 0.3 is 5.97 Å². The maximum atomic E-state index is 11.1. The van der Waals surface area contributed by atoms with Crippen LogP contribution in [0.5, 0.6) is 0 Å². The molecular formula is C9H16O2. The van der Waals surface area contributed by atoms with E-state index >= 15 is 0 Å². The highest BCUT2D eigenvalue weighted by Gasteiger charge is 2.30. The first-order valence-corrected chi connectivity index (χ1v) is 4.31. The molecule has 0 bridgehead atoms. The highest BCUT2D eigenvalue weighted by atomic mass is 16.5. The van der Waals surface area contributed by atoms with E-state index in [0.29, 0.717) is 5.92 Å². The predicted octanol–water partition coefficient (Wildman–Crippen LogP) is 1.98. The summed E-state index contributed by atoms with van der Waals surface area (Å²) in [5.41, 5.74) is 0. The van der Waals surface area contributed by atoms with Gasteiger partial charge in [-0.15, -0.1) is 0 Å². The van der Waals surface area contributed by atoms with Crippen LogP contribution in [0.15, 0.2) is 0 Å². The van der Waals surface area contributed by atoms with Crippen molar-refractivity contribution in [2.45, 2.75) is 39.7 Å². The second-order valence-electron chi connectivity index (χ2n) is 3.63. The first-order valence-electron chi connectivity index (χ1n) is 4.31. The molecule has 11 heavy (non-hydrogen) atoms. The maximum Gasteiger partial charge on any atom is 0.308 e. The number of carbonyl (C=O) groups is 1. The van der Waals surface area contributed by atoms with Crippen LogP contribution < -0.4 is 0 Å². The minimum absolute atomic E-state index is 0.0104. The van der Waals surface area contributed by atoms with Crippen LogP contribution in [-0.2, 0) is 9.53 Å². The standard InChI is InChI=1S/C9H16O2/c1-6(2)9(10)11-7(3)8-4-5-8/h6-8H,4-5H2,1-3H3. The lowest BCUT2D eigenvalue weighted by Crippen LogP contribution is -2.20. The number of esters is 1. The molecule has 0 radical (unpaired) electrons. The normalized spacial score (nSPS) is 20.0. The molecule has 1 atom stereocenters. The zero-order chi connectivity index (χ0) is 8.43. The summed E-state index contributed by atoms with van der Waals surface area (Å²) < 4.78 is 5.20. The van der Waals surface area contributed by atoms with Crippen LogP contribution in [0.1, 0.15) is 33.6 Å². The Hall–Kier alpha value is -0.530. The second-order valence-corrected chi connectivity index (χ2v) is 3.63. The fraction of sp³-hybridized carbons (Fsp3) is 0.889. The van der Waals surface area contributed by atoms with Gasteiger partial charge in [-0.1, -0.05) is 13.8 Å². The summed E-state index contributed by atoms with van der Waals surface area (Å²) in [4.78, 5) is 11.1. The van der Waals surface area contributed by atoms with Gasteiger partial charge in [-0.2, -0.15) is 0 Å². The monoisotopic (exact) mass is 156 g/mol. The van der Waals surface area contributed by atoms with Crippen LogP contribution >= 0.6 is 0 Å².